The summed E-state index contributed by atoms with van der Waals surface area (Å²) in [4.78, 5) is 26.5. The summed E-state index contributed by atoms with van der Waals surface area (Å²) in [6, 6.07) is 5.49. The summed E-state index contributed by atoms with van der Waals surface area (Å²) in [7, 11) is 0. The van der Waals surface area contributed by atoms with E-state index in [-0.39, 0.29) is 35.6 Å². The molecule has 0 saturated carbocycles. The lowest BCUT2D eigenvalue weighted by Crippen LogP contribution is -2.46. The van der Waals surface area contributed by atoms with E-state index in [1.807, 2.05) is 20.8 Å². The molecule has 2 rings (SSSR count). The van der Waals surface area contributed by atoms with E-state index in [0.29, 0.717) is 19.4 Å². The minimum Gasteiger partial charge on any atom is -0.348 e. The predicted molar refractivity (Wildman–Crippen MR) is 87.1 cm³/mol. The summed E-state index contributed by atoms with van der Waals surface area (Å²) in [6.07, 6.45) is 2.02. The van der Waals surface area contributed by atoms with E-state index >= 15 is 0 Å². The highest BCUT2D eigenvalue weighted by molar-refractivity contribution is 5.88. The minimum atomic E-state index is -0.385. The monoisotopic (exact) mass is 320 g/mol. The van der Waals surface area contributed by atoms with Gasteiger partial charge in [-0.1, -0.05) is 26.0 Å². The van der Waals surface area contributed by atoms with Gasteiger partial charge in [0.1, 0.15) is 11.9 Å². The fourth-order valence-corrected chi connectivity index (χ4v) is 2.95. The van der Waals surface area contributed by atoms with Gasteiger partial charge in [-0.15, -0.1) is 0 Å². The van der Waals surface area contributed by atoms with Gasteiger partial charge in [-0.05, 0) is 43.4 Å². The fourth-order valence-electron chi connectivity index (χ4n) is 2.95. The van der Waals surface area contributed by atoms with Crippen LogP contribution >= 0.6 is 0 Å². The second kappa shape index (κ2) is 7.57. The standard InChI is InChI=1S/C18H25FN2O2/c1-12(2)11-17(22)21-10-4-5-16(21)18(23)20-13(3)14-6-8-15(19)9-7-14/h6-9,12-13,16H,4-5,10-11H2,1-3H3,(H,20,23). The Morgan fingerprint density at radius 2 is 1.91 bits per heavy atom. The van der Waals surface area contributed by atoms with Crippen LogP contribution in [0.2, 0.25) is 0 Å². The van der Waals surface area contributed by atoms with Gasteiger partial charge in [0, 0.05) is 13.0 Å². The topological polar surface area (TPSA) is 49.4 Å². The summed E-state index contributed by atoms with van der Waals surface area (Å²) in [5.41, 5.74) is 0.845. The predicted octanol–water partition coefficient (Wildman–Crippen LogP) is 3.04. The highest BCUT2D eigenvalue weighted by Gasteiger charge is 2.34. The third-order valence-corrected chi connectivity index (χ3v) is 4.19. The van der Waals surface area contributed by atoms with Crippen molar-refractivity contribution in [3.63, 3.8) is 0 Å². The number of amides is 2. The Morgan fingerprint density at radius 1 is 1.26 bits per heavy atom. The molecule has 1 fully saturated rings. The van der Waals surface area contributed by atoms with Crippen LogP contribution in [0.1, 0.15) is 51.6 Å². The molecule has 1 N–H and O–H groups in total. The molecule has 1 heterocycles. The van der Waals surface area contributed by atoms with E-state index in [9.17, 15) is 14.0 Å². The number of likely N-dealkylation sites (tertiary alicyclic amines) is 1. The molecule has 0 spiro atoms. The number of benzene rings is 1. The van der Waals surface area contributed by atoms with Crippen LogP contribution in [0.5, 0.6) is 0 Å². The molecular formula is C18H25FN2O2. The van der Waals surface area contributed by atoms with Gasteiger partial charge in [0.15, 0.2) is 0 Å². The first-order chi connectivity index (χ1) is 10.9. The van der Waals surface area contributed by atoms with Crippen molar-refractivity contribution in [2.45, 2.75) is 52.1 Å². The molecule has 5 heteroatoms. The molecule has 1 aliphatic heterocycles. The Labute approximate surface area is 137 Å². The van der Waals surface area contributed by atoms with Crippen molar-refractivity contribution in [2.75, 3.05) is 6.54 Å². The Hall–Kier alpha value is -1.91. The number of halogens is 1. The van der Waals surface area contributed by atoms with Gasteiger partial charge in [-0.2, -0.15) is 0 Å². The van der Waals surface area contributed by atoms with Gasteiger partial charge in [0.05, 0.1) is 6.04 Å². The zero-order valence-corrected chi connectivity index (χ0v) is 14.0. The van der Waals surface area contributed by atoms with E-state index in [2.05, 4.69) is 5.32 Å². The van der Waals surface area contributed by atoms with Crippen molar-refractivity contribution in [3.8, 4) is 0 Å². The van der Waals surface area contributed by atoms with Gasteiger partial charge < -0.3 is 10.2 Å². The Bertz CT molecular complexity index is 557. The molecule has 0 aliphatic carbocycles. The minimum absolute atomic E-state index is 0.0482. The third-order valence-electron chi connectivity index (χ3n) is 4.19. The Balaban J connectivity index is 1.98. The van der Waals surface area contributed by atoms with Crippen LogP contribution in [0.3, 0.4) is 0 Å². The van der Waals surface area contributed by atoms with Crippen LogP contribution in [-0.2, 0) is 9.59 Å². The zero-order chi connectivity index (χ0) is 17.0. The first-order valence-electron chi connectivity index (χ1n) is 8.23. The molecule has 23 heavy (non-hydrogen) atoms. The van der Waals surface area contributed by atoms with Crippen LogP contribution in [-0.4, -0.2) is 29.3 Å². The fraction of sp³-hybridized carbons (Fsp3) is 0.556. The SMILES string of the molecule is CC(C)CC(=O)N1CCCC1C(=O)NC(C)c1ccc(F)cc1. The van der Waals surface area contributed by atoms with Crippen LogP contribution in [0.25, 0.3) is 0 Å². The van der Waals surface area contributed by atoms with Crippen molar-refractivity contribution in [3.05, 3.63) is 35.6 Å². The average molecular weight is 320 g/mol. The highest BCUT2D eigenvalue weighted by Crippen LogP contribution is 2.21. The number of rotatable bonds is 5. The molecule has 0 bridgehead atoms. The first kappa shape index (κ1) is 17.4. The van der Waals surface area contributed by atoms with Crippen LogP contribution in [0.4, 0.5) is 4.39 Å². The summed E-state index contributed by atoms with van der Waals surface area (Å²) < 4.78 is 13.0. The van der Waals surface area contributed by atoms with E-state index < -0.39 is 0 Å². The van der Waals surface area contributed by atoms with Crippen molar-refractivity contribution < 1.29 is 14.0 Å². The average Bonchev–Trinajstić information content (AvgIpc) is 2.96. The molecule has 126 valence electrons. The maximum absolute atomic E-state index is 13.0. The number of hydrogen-bond acceptors (Lipinski definition) is 2. The van der Waals surface area contributed by atoms with Gasteiger partial charge in [0.2, 0.25) is 11.8 Å². The smallest absolute Gasteiger partial charge is 0.243 e. The van der Waals surface area contributed by atoms with Crippen molar-refractivity contribution >= 4 is 11.8 Å². The molecule has 4 nitrogen and oxygen atoms in total. The quantitative estimate of drug-likeness (QED) is 0.906. The summed E-state index contributed by atoms with van der Waals surface area (Å²) in [5.74, 6) is -0.0954. The molecule has 2 atom stereocenters. The Kier molecular flexibility index (Phi) is 5.74. The number of carbonyl (C=O) groups excluding carboxylic acids is 2. The van der Waals surface area contributed by atoms with Crippen LogP contribution in [0, 0.1) is 11.7 Å². The largest absolute Gasteiger partial charge is 0.348 e. The maximum Gasteiger partial charge on any atom is 0.243 e. The number of nitrogens with zero attached hydrogens (tertiary/aromatic N) is 1. The number of hydrogen-bond donors (Lipinski definition) is 1. The van der Waals surface area contributed by atoms with Gasteiger partial charge in [-0.25, -0.2) is 4.39 Å². The summed E-state index contributed by atoms with van der Waals surface area (Å²) in [6.45, 7) is 6.51. The van der Waals surface area contributed by atoms with E-state index in [1.54, 1.807) is 17.0 Å². The second-order valence-electron chi connectivity index (χ2n) is 6.62. The lowest BCUT2D eigenvalue weighted by Gasteiger charge is -2.26. The lowest BCUT2D eigenvalue weighted by atomic mass is 10.1. The van der Waals surface area contributed by atoms with Crippen molar-refractivity contribution in [1.82, 2.24) is 10.2 Å². The maximum atomic E-state index is 13.0. The first-order valence-corrected chi connectivity index (χ1v) is 8.23. The molecule has 1 aromatic carbocycles. The number of carbonyl (C=O) groups is 2. The number of nitrogens with one attached hydrogen (secondary N) is 1. The molecule has 0 aromatic heterocycles. The molecule has 1 aliphatic rings. The molecule has 0 radical (unpaired) electrons. The van der Waals surface area contributed by atoms with Crippen molar-refractivity contribution in [1.29, 1.82) is 0 Å². The Morgan fingerprint density at radius 3 is 2.52 bits per heavy atom. The molecular weight excluding hydrogens is 295 g/mol. The van der Waals surface area contributed by atoms with E-state index in [0.717, 1.165) is 12.0 Å². The summed E-state index contributed by atoms with van der Waals surface area (Å²) >= 11 is 0. The molecule has 2 unspecified atom stereocenters. The van der Waals surface area contributed by atoms with Crippen molar-refractivity contribution in [2.24, 2.45) is 5.92 Å². The van der Waals surface area contributed by atoms with E-state index in [1.165, 1.54) is 12.1 Å². The van der Waals surface area contributed by atoms with Gasteiger partial charge >= 0.3 is 0 Å². The molecule has 2 amide bonds. The third kappa shape index (κ3) is 4.53. The molecule has 1 saturated heterocycles. The normalized spacial score (nSPS) is 19.0. The second-order valence-corrected chi connectivity index (χ2v) is 6.62. The molecule has 1 aromatic rings. The summed E-state index contributed by atoms with van der Waals surface area (Å²) in [5, 5.41) is 2.94. The lowest BCUT2D eigenvalue weighted by molar-refractivity contribution is -0.139. The zero-order valence-electron chi connectivity index (χ0n) is 14.0. The van der Waals surface area contributed by atoms with Gasteiger partial charge in [-0.3, -0.25) is 9.59 Å². The van der Waals surface area contributed by atoms with Gasteiger partial charge in [0.25, 0.3) is 0 Å². The van der Waals surface area contributed by atoms with Crippen LogP contribution < -0.4 is 5.32 Å². The highest BCUT2D eigenvalue weighted by atomic mass is 19.1. The van der Waals surface area contributed by atoms with Crippen LogP contribution in [0.15, 0.2) is 24.3 Å². The van der Waals surface area contributed by atoms with E-state index in [4.69, 9.17) is 0 Å².